The highest BCUT2D eigenvalue weighted by Gasteiger charge is 2.32. The smallest absolute Gasteiger partial charge is 0.326 e. The molecule has 0 radical (unpaired) electrons. The average Bonchev–Trinajstić information content (AvgIpc) is 2.16. The van der Waals surface area contributed by atoms with Crippen LogP contribution in [0.5, 0.6) is 0 Å². The van der Waals surface area contributed by atoms with Gasteiger partial charge in [-0.1, -0.05) is 18.2 Å². The van der Waals surface area contributed by atoms with Crippen LogP contribution in [-0.4, -0.2) is 24.7 Å². The first-order valence-corrected chi connectivity index (χ1v) is 5.09. The van der Waals surface area contributed by atoms with Crippen LogP contribution >= 0.6 is 0 Å². The van der Waals surface area contributed by atoms with Crippen molar-refractivity contribution in [3.05, 3.63) is 30.3 Å². The summed E-state index contributed by atoms with van der Waals surface area (Å²) < 4.78 is 5.24. The number of para-hydroxylation sites is 1. The Morgan fingerprint density at radius 2 is 1.93 bits per heavy atom. The van der Waals surface area contributed by atoms with Crippen molar-refractivity contribution in [2.75, 3.05) is 18.0 Å². The van der Waals surface area contributed by atoms with E-state index in [0.29, 0.717) is 6.54 Å². The number of esters is 1. The molecule has 3 heteroatoms. The number of hydrogen-bond donors (Lipinski definition) is 0. The summed E-state index contributed by atoms with van der Waals surface area (Å²) in [6.45, 7) is 4.94. The van der Waals surface area contributed by atoms with Crippen LogP contribution in [-0.2, 0) is 9.53 Å². The van der Waals surface area contributed by atoms with Gasteiger partial charge in [0.25, 0.3) is 0 Å². The van der Waals surface area contributed by atoms with Crippen LogP contribution in [0.3, 0.4) is 0 Å². The van der Waals surface area contributed by atoms with E-state index in [1.54, 1.807) is 0 Å². The zero-order chi connectivity index (χ0) is 10.9. The molecule has 0 N–H and O–H groups in total. The van der Waals surface area contributed by atoms with Gasteiger partial charge in [-0.15, -0.1) is 0 Å². The molecule has 1 aromatic carbocycles. The summed E-state index contributed by atoms with van der Waals surface area (Å²) in [5.74, 6) is -0.157. The Bertz CT molecular complexity index is 359. The molecule has 0 unspecified atom stereocenters. The van der Waals surface area contributed by atoms with E-state index in [4.69, 9.17) is 4.74 Å². The molecule has 1 aliphatic heterocycles. The third-order valence-electron chi connectivity index (χ3n) is 2.40. The van der Waals surface area contributed by atoms with E-state index in [-0.39, 0.29) is 5.97 Å². The topological polar surface area (TPSA) is 29.5 Å². The molecule has 0 saturated carbocycles. The summed E-state index contributed by atoms with van der Waals surface area (Å²) in [5.41, 5.74) is 0.674. The van der Waals surface area contributed by atoms with E-state index in [9.17, 15) is 4.79 Å². The van der Waals surface area contributed by atoms with Gasteiger partial charge in [0.2, 0.25) is 0 Å². The third kappa shape index (κ3) is 2.29. The van der Waals surface area contributed by atoms with Crippen molar-refractivity contribution in [1.29, 1.82) is 0 Å². The van der Waals surface area contributed by atoms with Gasteiger partial charge in [0.1, 0.15) is 12.1 Å². The van der Waals surface area contributed by atoms with E-state index in [0.717, 1.165) is 12.2 Å². The molecule has 1 aromatic rings. The van der Waals surface area contributed by atoms with Gasteiger partial charge >= 0.3 is 5.97 Å². The fourth-order valence-electron chi connectivity index (χ4n) is 1.87. The molecule has 1 saturated heterocycles. The van der Waals surface area contributed by atoms with Crippen molar-refractivity contribution in [1.82, 2.24) is 0 Å². The zero-order valence-corrected chi connectivity index (χ0v) is 9.06. The van der Waals surface area contributed by atoms with Gasteiger partial charge in [-0.25, -0.2) is 0 Å². The third-order valence-corrected chi connectivity index (χ3v) is 2.40. The largest absolute Gasteiger partial charge is 0.456 e. The molecule has 0 bridgehead atoms. The number of hydrogen-bond acceptors (Lipinski definition) is 3. The minimum Gasteiger partial charge on any atom is -0.456 e. The molecular formula is C12H15NO2. The first-order valence-electron chi connectivity index (χ1n) is 5.09. The Labute approximate surface area is 89.7 Å². The maximum absolute atomic E-state index is 11.4. The Morgan fingerprint density at radius 3 is 2.53 bits per heavy atom. The molecule has 0 aliphatic carbocycles. The molecule has 2 rings (SSSR count). The van der Waals surface area contributed by atoms with Crippen LogP contribution in [0.15, 0.2) is 30.3 Å². The lowest BCUT2D eigenvalue weighted by atomic mass is 10.1. The van der Waals surface area contributed by atoms with E-state index in [1.165, 1.54) is 0 Å². The Hall–Kier alpha value is -1.51. The van der Waals surface area contributed by atoms with Gasteiger partial charge in [-0.3, -0.25) is 4.79 Å². The van der Waals surface area contributed by atoms with Crippen molar-refractivity contribution in [3.8, 4) is 0 Å². The van der Waals surface area contributed by atoms with Crippen molar-refractivity contribution in [3.63, 3.8) is 0 Å². The second kappa shape index (κ2) is 3.57. The number of nitrogens with zero attached hydrogens (tertiary/aromatic N) is 1. The lowest BCUT2D eigenvalue weighted by Gasteiger charge is -2.38. The van der Waals surface area contributed by atoms with Crippen LogP contribution in [0.2, 0.25) is 0 Å². The zero-order valence-electron chi connectivity index (χ0n) is 9.06. The maximum atomic E-state index is 11.4. The molecule has 3 nitrogen and oxygen atoms in total. The number of ether oxygens (including phenoxy) is 1. The number of rotatable bonds is 1. The van der Waals surface area contributed by atoms with Crippen LogP contribution in [0.25, 0.3) is 0 Å². The SMILES string of the molecule is CC1(C)CN(c2ccccc2)CC(=O)O1. The average molecular weight is 205 g/mol. The van der Waals surface area contributed by atoms with Crippen molar-refractivity contribution in [2.24, 2.45) is 0 Å². The summed E-state index contributed by atoms with van der Waals surface area (Å²) in [6.07, 6.45) is 0. The molecular weight excluding hydrogens is 190 g/mol. The first-order chi connectivity index (χ1) is 7.07. The van der Waals surface area contributed by atoms with Gasteiger partial charge in [-0.05, 0) is 26.0 Å². The fourth-order valence-corrected chi connectivity index (χ4v) is 1.87. The summed E-state index contributed by atoms with van der Waals surface area (Å²) in [5, 5.41) is 0. The number of anilines is 1. The molecule has 0 aromatic heterocycles. The van der Waals surface area contributed by atoms with Crippen LogP contribution < -0.4 is 4.90 Å². The Balaban J connectivity index is 2.20. The molecule has 0 amide bonds. The monoisotopic (exact) mass is 205 g/mol. The summed E-state index contributed by atoms with van der Waals surface area (Å²) >= 11 is 0. The predicted octanol–water partition coefficient (Wildman–Crippen LogP) is 1.83. The first kappa shape index (κ1) is 10.0. The van der Waals surface area contributed by atoms with Crippen LogP contribution in [0.4, 0.5) is 5.69 Å². The quantitative estimate of drug-likeness (QED) is 0.655. The van der Waals surface area contributed by atoms with Gasteiger partial charge in [-0.2, -0.15) is 0 Å². The molecule has 15 heavy (non-hydrogen) atoms. The van der Waals surface area contributed by atoms with Crippen molar-refractivity contribution in [2.45, 2.75) is 19.4 Å². The maximum Gasteiger partial charge on any atom is 0.326 e. The van der Waals surface area contributed by atoms with Crippen LogP contribution in [0, 0.1) is 0 Å². The van der Waals surface area contributed by atoms with Gasteiger partial charge < -0.3 is 9.64 Å². The van der Waals surface area contributed by atoms with E-state index >= 15 is 0 Å². The molecule has 0 spiro atoms. The van der Waals surface area contributed by atoms with Crippen molar-refractivity contribution < 1.29 is 9.53 Å². The lowest BCUT2D eigenvalue weighted by molar-refractivity contribution is -0.157. The highest BCUT2D eigenvalue weighted by atomic mass is 16.6. The summed E-state index contributed by atoms with van der Waals surface area (Å²) in [6, 6.07) is 9.94. The van der Waals surface area contributed by atoms with E-state index in [1.807, 2.05) is 49.1 Å². The molecule has 1 fully saturated rings. The Kier molecular flexibility index (Phi) is 2.39. The van der Waals surface area contributed by atoms with E-state index in [2.05, 4.69) is 0 Å². The number of cyclic esters (lactones) is 1. The number of morpholine rings is 1. The van der Waals surface area contributed by atoms with Gasteiger partial charge in [0, 0.05) is 5.69 Å². The minimum atomic E-state index is -0.398. The van der Waals surface area contributed by atoms with Crippen LogP contribution in [0.1, 0.15) is 13.8 Å². The Morgan fingerprint density at radius 1 is 1.27 bits per heavy atom. The second-order valence-corrected chi connectivity index (χ2v) is 4.43. The van der Waals surface area contributed by atoms with Gasteiger partial charge in [0.15, 0.2) is 0 Å². The summed E-state index contributed by atoms with van der Waals surface area (Å²) in [4.78, 5) is 13.4. The van der Waals surface area contributed by atoms with Gasteiger partial charge in [0.05, 0.1) is 6.54 Å². The normalized spacial score (nSPS) is 19.9. The molecule has 0 atom stereocenters. The van der Waals surface area contributed by atoms with Crippen molar-refractivity contribution >= 4 is 11.7 Å². The molecule has 1 heterocycles. The number of carbonyl (C=O) groups is 1. The fraction of sp³-hybridized carbons (Fsp3) is 0.417. The standard InChI is InChI=1S/C12H15NO2/c1-12(2)9-13(8-11(14)15-12)10-6-4-3-5-7-10/h3-7H,8-9H2,1-2H3. The van der Waals surface area contributed by atoms with E-state index < -0.39 is 5.60 Å². The highest BCUT2D eigenvalue weighted by molar-refractivity contribution is 5.77. The minimum absolute atomic E-state index is 0.157. The number of carbonyl (C=O) groups excluding carboxylic acids is 1. The second-order valence-electron chi connectivity index (χ2n) is 4.43. The predicted molar refractivity (Wildman–Crippen MR) is 58.8 cm³/mol. The molecule has 1 aliphatic rings. The lowest BCUT2D eigenvalue weighted by Crippen LogP contribution is -2.51. The molecule has 80 valence electrons. The number of benzene rings is 1. The highest BCUT2D eigenvalue weighted by Crippen LogP contribution is 2.22. The summed E-state index contributed by atoms with van der Waals surface area (Å²) in [7, 11) is 0.